The van der Waals surface area contributed by atoms with Crippen LogP contribution in [0, 0.1) is 15.5 Å². The van der Waals surface area contributed by atoms with Crippen molar-refractivity contribution in [2.45, 2.75) is 45.4 Å². The zero-order chi connectivity index (χ0) is 23.4. The van der Waals surface area contributed by atoms with E-state index in [-0.39, 0.29) is 17.1 Å². The average molecular weight is 466 g/mol. The molecule has 3 heterocycles. The van der Waals surface area contributed by atoms with Crippen LogP contribution in [0.2, 0.25) is 0 Å². The Morgan fingerprint density at radius 3 is 2.64 bits per heavy atom. The second-order valence-electron chi connectivity index (χ2n) is 7.68. The van der Waals surface area contributed by atoms with E-state index >= 15 is 0 Å². The Kier molecular flexibility index (Phi) is 6.83. The van der Waals surface area contributed by atoms with Crippen LogP contribution in [0.4, 0.5) is 5.69 Å². The summed E-state index contributed by atoms with van der Waals surface area (Å²) in [7, 11) is 0. The lowest BCUT2D eigenvalue weighted by molar-refractivity contribution is -0.384. The largest absolute Gasteiger partial charge is 0.457 e. The van der Waals surface area contributed by atoms with E-state index in [1.54, 1.807) is 24.3 Å². The first kappa shape index (κ1) is 22.7. The van der Waals surface area contributed by atoms with Crippen molar-refractivity contribution in [3.8, 4) is 11.3 Å². The Hall–Kier alpha value is -3.53. The number of fused-ring (bicyclic) bond motifs is 1. The number of carbonyl (C=O) groups excluding carboxylic acids is 1. The second kappa shape index (κ2) is 9.95. The molecule has 1 N–H and O–H groups in total. The molecule has 0 aliphatic carbocycles. The summed E-state index contributed by atoms with van der Waals surface area (Å²) in [5.74, 6) is 0.330. The fourth-order valence-corrected chi connectivity index (χ4v) is 4.41. The molecule has 0 radical (unpaired) electrons. The Balaban J connectivity index is 1.47. The molecule has 9 nitrogen and oxygen atoms in total. The predicted octanol–water partition coefficient (Wildman–Crippen LogP) is 5.83. The highest BCUT2D eigenvalue weighted by Gasteiger charge is 2.35. The number of rotatable bonds is 9. The molecule has 0 atom stereocenters. The van der Waals surface area contributed by atoms with Crippen LogP contribution in [0.25, 0.3) is 17.4 Å². The number of amides is 1. The van der Waals surface area contributed by atoms with Gasteiger partial charge in [-0.1, -0.05) is 32.6 Å². The maximum absolute atomic E-state index is 12.6. The number of aliphatic imine (C=N–C) groups is 1. The summed E-state index contributed by atoms with van der Waals surface area (Å²) in [5.41, 5.74) is 0.753. The number of hydrogen-bond acceptors (Lipinski definition) is 7. The number of nitrogens with zero attached hydrogens (tertiary/aromatic N) is 4. The van der Waals surface area contributed by atoms with Crippen LogP contribution < -0.4 is 0 Å². The monoisotopic (exact) mass is 465 g/mol. The number of nitro groups is 1. The standard InChI is InChI=1S/C23H23N5O4S/c1-2-3-4-5-6-7-20-26-27-21(24)18(22(29)25-23(27)33-20)14-17-12-13-19(32-17)15-8-10-16(11-9-15)28(30)31/h8-14,24H,2-7H2,1H3/b18-14+,24-21?. The maximum atomic E-state index is 12.6. The molecule has 0 bridgehead atoms. The van der Waals surface area contributed by atoms with Gasteiger partial charge in [0.1, 0.15) is 16.6 Å². The molecule has 4 rings (SSSR count). The van der Waals surface area contributed by atoms with Crippen molar-refractivity contribution in [2.75, 3.05) is 0 Å². The molecular weight excluding hydrogens is 442 g/mol. The number of carbonyl (C=O) groups is 1. The quantitative estimate of drug-likeness (QED) is 0.215. The van der Waals surface area contributed by atoms with E-state index in [9.17, 15) is 14.9 Å². The molecule has 0 spiro atoms. The molecule has 2 aromatic rings. The minimum Gasteiger partial charge on any atom is -0.457 e. The van der Waals surface area contributed by atoms with Gasteiger partial charge in [0, 0.05) is 17.7 Å². The van der Waals surface area contributed by atoms with Crippen molar-refractivity contribution in [3.05, 3.63) is 57.8 Å². The van der Waals surface area contributed by atoms with Gasteiger partial charge in [0.15, 0.2) is 5.84 Å². The van der Waals surface area contributed by atoms with Gasteiger partial charge in [-0.05, 0) is 54.9 Å². The molecule has 0 saturated heterocycles. The highest BCUT2D eigenvalue weighted by atomic mass is 32.2. The van der Waals surface area contributed by atoms with Gasteiger partial charge in [-0.2, -0.15) is 15.1 Å². The molecule has 0 fully saturated rings. The van der Waals surface area contributed by atoms with Crippen LogP contribution in [0.1, 0.15) is 51.2 Å². The Labute approximate surface area is 194 Å². The Morgan fingerprint density at radius 1 is 1.15 bits per heavy atom. The van der Waals surface area contributed by atoms with Crippen LogP contribution in [0.15, 0.2) is 56.5 Å². The topological polar surface area (TPSA) is 125 Å². The van der Waals surface area contributed by atoms with Crippen LogP contribution in [0.5, 0.6) is 0 Å². The Morgan fingerprint density at radius 2 is 1.91 bits per heavy atom. The van der Waals surface area contributed by atoms with Gasteiger partial charge in [-0.25, -0.2) is 0 Å². The number of nitro benzene ring substituents is 1. The molecule has 0 unspecified atom stereocenters. The van der Waals surface area contributed by atoms with E-state index in [0.29, 0.717) is 22.3 Å². The van der Waals surface area contributed by atoms with Crippen molar-refractivity contribution >= 4 is 45.5 Å². The fraction of sp³-hybridized carbons (Fsp3) is 0.304. The Bertz CT molecular complexity index is 1180. The van der Waals surface area contributed by atoms with E-state index in [4.69, 9.17) is 9.83 Å². The number of hydrogen-bond donors (Lipinski definition) is 1. The summed E-state index contributed by atoms with van der Waals surface area (Å²) in [4.78, 5) is 27.0. The van der Waals surface area contributed by atoms with E-state index in [2.05, 4.69) is 17.0 Å². The predicted molar refractivity (Wildman–Crippen MR) is 129 cm³/mol. The number of unbranched alkanes of at least 4 members (excludes halogenated alkanes) is 4. The van der Waals surface area contributed by atoms with Crippen LogP contribution in [-0.2, 0) is 4.79 Å². The first-order valence-electron chi connectivity index (χ1n) is 10.8. The molecule has 33 heavy (non-hydrogen) atoms. The molecule has 10 heteroatoms. The number of nitrogens with one attached hydrogen (secondary N) is 1. The lowest BCUT2D eigenvalue weighted by atomic mass is 10.1. The van der Waals surface area contributed by atoms with Crippen molar-refractivity contribution in [2.24, 2.45) is 10.1 Å². The molecule has 1 aromatic carbocycles. The van der Waals surface area contributed by atoms with Crippen LogP contribution >= 0.6 is 11.8 Å². The number of furan rings is 1. The molecule has 1 amide bonds. The molecule has 2 aliphatic heterocycles. The van der Waals surface area contributed by atoms with E-state index < -0.39 is 10.8 Å². The van der Waals surface area contributed by atoms with Crippen molar-refractivity contribution in [1.82, 2.24) is 5.01 Å². The number of hydrazone groups is 1. The lowest BCUT2D eigenvalue weighted by Gasteiger charge is -2.19. The highest BCUT2D eigenvalue weighted by molar-refractivity contribution is 8.26. The molecule has 2 aliphatic rings. The third kappa shape index (κ3) is 5.11. The normalized spacial score (nSPS) is 16.8. The maximum Gasteiger partial charge on any atom is 0.283 e. The summed E-state index contributed by atoms with van der Waals surface area (Å²) >= 11 is 1.34. The second-order valence-corrected chi connectivity index (χ2v) is 8.72. The molecule has 170 valence electrons. The third-order valence-corrected chi connectivity index (χ3v) is 6.23. The minimum absolute atomic E-state index is 0.00747. The van der Waals surface area contributed by atoms with E-state index in [0.717, 1.165) is 24.3 Å². The smallest absolute Gasteiger partial charge is 0.283 e. The summed E-state index contributed by atoms with van der Waals surface area (Å²) in [5, 5.41) is 26.5. The summed E-state index contributed by atoms with van der Waals surface area (Å²) < 4.78 is 5.78. The van der Waals surface area contributed by atoms with Crippen LogP contribution in [0.3, 0.4) is 0 Å². The van der Waals surface area contributed by atoms with Gasteiger partial charge in [0.25, 0.3) is 11.6 Å². The van der Waals surface area contributed by atoms with Gasteiger partial charge < -0.3 is 4.42 Å². The third-order valence-electron chi connectivity index (χ3n) is 5.27. The number of amidine groups is 2. The van der Waals surface area contributed by atoms with Gasteiger partial charge in [-0.3, -0.25) is 20.3 Å². The summed E-state index contributed by atoms with van der Waals surface area (Å²) in [6.45, 7) is 2.18. The van der Waals surface area contributed by atoms with Crippen molar-refractivity contribution < 1.29 is 14.1 Å². The van der Waals surface area contributed by atoms with Gasteiger partial charge in [-0.15, -0.1) is 0 Å². The molecular formula is C23H23N5O4S. The summed E-state index contributed by atoms with van der Waals surface area (Å²) in [6.07, 6.45) is 8.06. The average Bonchev–Trinajstić information content (AvgIpc) is 3.44. The van der Waals surface area contributed by atoms with E-state index in [1.807, 2.05) is 0 Å². The number of non-ortho nitro benzene ring substituents is 1. The first-order chi connectivity index (χ1) is 16.0. The van der Waals surface area contributed by atoms with Crippen molar-refractivity contribution in [1.29, 1.82) is 5.41 Å². The van der Waals surface area contributed by atoms with Gasteiger partial charge >= 0.3 is 0 Å². The number of benzene rings is 1. The van der Waals surface area contributed by atoms with Gasteiger partial charge in [0.05, 0.1) is 10.5 Å². The zero-order valence-corrected chi connectivity index (χ0v) is 18.9. The molecule has 0 saturated carbocycles. The fourth-order valence-electron chi connectivity index (χ4n) is 3.49. The minimum atomic E-state index is -0.508. The summed E-state index contributed by atoms with van der Waals surface area (Å²) in [6, 6.07) is 9.37. The first-order valence-corrected chi connectivity index (χ1v) is 11.6. The van der Waals surface area contributed by atoms with Gasteiger partial charge in [0.2, 0.25) is 5.17 Å². The zero-order valence-electron chi connectivity index (χ0n) is 18.1. The van der Waals surface area contributed by atoms with Crippen LogP contribution in [-0.4, -0.2) is 31.9 Å². The SMILES string of the molecule is CCCCCCCC1=NN2C(=N)/C(=C\c3ccc(-c4ccc([N+](=O)[O-])cc4)o3)C(=O)N=C2S1. The van der Waals surface area contributed by atoms with Crippen molar-refractivity contribution in [3.63, 3.8) is 0 Å². The number of thioether (sulfide) groups is 1. The lowest BCUT2D eigenvalue weighted by Crippen LogP contribution is -2.35. The van der Waals surface area contributed by atoms with E-state index in [1.165, 1.54) is 54.2 Å². The molecule has 1 aromatic heterocycles. The highest BCUT2D eigenvalue weighted by Crippen LogP contribution is 2.31.